The van der Waals surface area contributed by atoms with Gasteiger partial charge in [-0.1, -0.05) is 0 Å². The van der Waals surface area contributed by atoms with Gasteiger partial charge in [-0.25, -0.2) is 14.8 Å². The van der Waals surface area contributed by atoms with Crippen molar-refractivity contribution in [3.8, 4) is 0 Å². The van der Waals surface area contributed by atoms with E-state index in [1.165, 1.54) is 4.90 Å². The number of nitrogens with zero attached hydrogens (tertiary/aromatic N) is 6. The average Bonchev–Trinajstić information content (AvgIpc) is 3.11. The molecule has 2 rings (SSSR count). The van der Waals surface area contributed by atoms with Gasteiger partial charge in [0.1, 0.15) is 0 Å². The molecular formula is C18H30N6O2. The van der Waals surface area contributed by atoms with Gasteiger partial charge in [0.15, 0.2) is 0 Å². The van der Waals surface area contributed by atoms with Gasteiger partial charge in [0.25, 0.3) is 5.91 Å². The maximum absolute atomic E-state index is 12.6. The topological polar surface area (TPSA) is 72.9 Å². The van der Waals surface area contributed by atoms with Gasteiger partial charge in [-0.2, -0.15) is 0 Å². The second-order valence-corrected chi connectivity index (χ2v) is 6.95. The van der Waals surface area contributed by atoms with E-state index in [0.717, 1.165) is 12.1 Å². The highest BCUT2D eigenvalue weighted by atomic mass is 16.2. The van der Waals surface area contributed by atoms with Crippen molar-refractivity contribution in [1.82, 2.24) is 24.7 Å². The molecule has 0 aromatic carbocycles. The van der Waals surface area contributed by atoms with E-state index in [0.29, 0.717) is 37.7 Å². The van der Waals surface area contributed by atoms with Crippen LogP contribution in [-0.4, -0.2) is 91.0 Å². The Kier molecular flexibility index (Phi) is 6.39. The third-order valence-electron chi connectivity index (χ3n) is 4.72. The van der Waals surface area contributed by atoms with E-state index in [1.54, 1.807) is 20.3 Å². The molecule has 1 atom stereocenters. The maximum Gasteiger partial charge on any atom is 0.319 e. The van der Waals surface area contributed by atoms with Gasteiger partial charge in [-0.15, -0.1) is 0 Å². The Morgan fingerprint density at radius 3 is 2.38 bits per heavy atom. The number of aromatic nitrogens is 2. The first-order valence-corrected chi connectivity index (χ1v) is 9.09. The fourth-order valence-electron chi connectivity index (χ4n) is 3.17. The van der Waals surface area contributed by atoms with Crippen molar-refractivity contribution in [3.63, 3.8) is 0 Å². The van der Waals surface area contributed by atoms with E-state index in [4.69, 9.17) is 0 Å². The number of amides is 3. The molecule has 1 aromatic heterocycles. The third-order valence-corrected chi connectivity index (χ3v) is 4.72. The Hall–Kier alpha value is -2.38. The molecule has 3 amide bonds. The molecule has 1 aromatic rings. The van der Waals surface area contributed by atoms with Crippen molar-refractivity contribution in [2.45, 2.75) is 26.2 Å². The van der Waals surface area contributed by atoms with Crippen LogP contribution in [0.3, 0.4) is 0 Å². The molecule has 8 heteroatoms. The lowest BCUT2D eigenvalue weighted by molar-refractivity contribution is 0.0825. The standard InChI is InChI=1S/C18H30N6O2/c1-7-23(8-2)18(26)24-10-9-13(12-24)15-14(16(25)21(3)4)11-19-17(20-15)22(5)6/h11,13H,7-10,12H2,1-6H3. The molecule has 1 aliphatic heterocycles. The summed E-state index contributed by atoms with van der Waals surface area (Å²) in [4.78, 5) is 41.2. The van der Waals surface area contributed by atoms with E-state index in [1.807, 2.05) is 42.6 Å². The number of rotatable bonds is 5. The Balaban J connectivity index is 2.31. The summed E-state index contributed by atoms with van der Waals surface area (Å²) < 4.78 is 0. The van der Waals surface area contributed by atoms with Crippen LogP contribution in [0, 0.1) is 0 Å². The predicted molar refractivity (Wildman–Crippen MR) is 102 cm³/mol. The fraction of sp³-hybridized carbons (Fsp3) is 0.667. The first-order valence-electron chi connectivity index (χ1n) is 9.09. The van der Waals surface area contributed by atoms with Crippen LogP contribution >= 0.6 is 0 Å². The molecule has 1 unspecified atom stereocenters. The lowest BCUT2D eigenvalue weighted by Gasteiger charge is -2.26. The minimum Gasteiger partial charge on any atom is -0.347 e. The van der Waals surface area contributed by atoms with Crippen LogP contribution in [0.15, 0.2) is 6.20 Å². The molecule has 0 bridgehead atoms. The minimum absolute atomic E-state index is 0.0371. The largest absolute Gasteiger partial charge is 0.347 e. The quantitative estimate of drug-likeness (QED) is 0.794. The summed E-state index contributed by atoms with van der Waals surface area (Å²) in [5, 5.41) is 0. The van der Waals surface area contributed by atoms with Crippen molar-refractivity contribution in [2.75, 3.05) is 59.3 Å². The number of hydrogen-bond acceptors (Lipinski definition) is 5. The van der Waals surface area contributed by atoms with Crippen molar-refractivity contribution < 1.29 is 9.59 Å². The van der Waals surface area contributed by atoms with Crippen LogP contribution in [0.1, 0.15) is 42.2 Å². The van der Waals surface area contributed by atoms with Gasteiger partial charge < -0.3 is 19.6 Å². The Morgan fingerprint density at radius 2 is 1.85 bits per heavy atom. The highest BCUT2D eigenvalue weighted by molar-refractivity contribution is 5.95. The maximum atomic E-state index is 12.6. The summed E-state index contributed by atoms with van der Waals surface area (Å²) in [5.74, 6) is 0.498. The smallest absolute Gasteiger partial charge is 0.319 e. The van der Waals surface area contributed by atoms with Crippen LogP contribution in [-0.2, 0) is 0 Å². The van der Waals surface area contributed by atoms with Crippen molar-refractivity contribution in [2.24, 2.45) is 0 Å². The number of carbonyl (C=O) groups is 2. The molecule has 1 aliphatic rings. The zero-order valence-electron chi connectivity index (χ0n) is 16.7. The normalized spacial score (nSPS) is 16.5. The Labute approximate surface area is 155 Å². The minimum atomic E-state index is -0.112. The highest BCUT2D eigenvalue weighted by Gasteiger charge is 2.33. The molecular weight excluding hydrogens is 332 g/mol. The Morgan fingerprint density at radius 1 is 1.19 bits per heavy atom. The fourth-order valence-corrected chi connectivity index (χ4v) is 3.17. The zero-order chi connectivity index (χ0) is 19.4. The lowest BCUT2D eigenvalue weighted by atomic mass is 9.99. The van der Waals surface area contributed by atoms with E-state index in [-0.39, 0.29) is 17.9 Å². The number of anilines is 1. The summed E-state index contributed by atoms with van der Waals surface area (Å²) in [6.07, 6.45) is 2.40. The molecule has 2 heterocycles. The Bertz CT molecular complexity index is 657. The summed E-state index contributed by atoms with van der Waals surface area (Å²) in [6.45, 7) is 6.61. The monoisotopic (exact) mass is 362 g/mol. The summed E-state index contributed by atoms with van der Waals surface area (Å²) in [7, 11) is 7.18. The van der Waals surface area contributed by atoms with Crippen LogP contribution in [0.5, 0.6) is 0 Å². The van der Waals surface area contributed by atoms with Crippen LogP contribution in [0.2, 0.25) is 0 Å². The first-order chi connectivity index (χ1) is 12.3. The van der Waals surface area contributed by atoms with Crippen LogP contribution < -0.4 is 4.90 Å². The molecule has 0 aliphatic carbocycles. The molecule has 1 saturated heterocycles. The molecule has 0 saturated carbocycles. The number of carbonyl (C=O) groups excluding carboxylic acids is 2. The lowest BCUT2D eigenvalue weighted by Crippen LogP contribution is -2.41. The van der Waals surface area contributed by atoms with E-state index < -0.39 is 0 Å². The van der Waals surface area contributed by atoms with Crippen molar-refractivity contribution in [3.05, 3.63) is 17.5 Å². The average molecular weight is 362 g/mol. The second-order valence-electron chi connectivity index (χ2n) is 6.95. The van der Waals surface area contributed by atoms with E-state index >= 15 is 0 Å². The first kappa shape index (κ1) is 19.9. The summed E-state index contributed by atoms with van der Waals surface area (Å²) >= 11 is 0. The zero-order valence-corrected chi connectivity index (χ0v) is 16.7. The van der Waals surface area contributed by atoms with Gasteiger partial charge >= 0.3 is 6.03 Å². The summed E-state index contributed by atoms with van der Waals surface area (Å²) in [6, 6.07) is 0.0554. The molecule has 0 N–H and O–H groups in total. The molecule has 26 heavy (non-hydrogen) atoms. The van der Waals surface area contributed by atoms with Gasteiger partial charge in [0.2, 0.25) is 5.95 Å². The van der Waals surface area contributed by atoms with E-state index in [2.05, 4.69) is 9.97 Å². The third kappa shape index (κ3) is 4.05. The number of urea groups is 1. The second kappa shape index (κ2) is 8.33. The number of hydrogen-bond donors (Lipinski definition) is 0. The molecule has 8 nitrogen and oxygen atoms in total. The van der Waals surface area contributed by atoms with Gasteiger partial charge in [0.05, 0.1) is 11.3 Å². The van der Waals surface area contributed by atoms with Crippen molar-refractivity contribution in [1.29, 1.82) is 0 Å². The molecule has 0 radical (unpaired) electrons. The molecule has 0 spiro atoms. The van der Waals surface area contributed by atoms with Crippen molar-refractivity contribution >= 4 is 17.9 Å². The SMILES string of the molecule is CCN(CC)C(=O)N1CCC(c2nc(N(C)C)ncc2C(=O)N(C)C)C1. The van der Waals surface area contributed by atoms with Crippen LogP contribution in [0.4, 0.5) is 10.7 Å². The highest BCUT2D eigenvalue weighted by Crippen LogP contribution is 2.30. The summed E-state index contributed by atoms with van der Waals surface area (Å²) in [5.41, 5.74) is 1.25. The van der Waals surface area contributed by atoms with Gasteiger partial charge in [-0.3, -0.25) is 4.79 Å². The van der Waals surface area contributed by atoms with Gasteiger partial charge in [0, 0.05) is 66.5 Å². The number of likely N-dealkylation sites (tertiary alicyclic amines) is 1. The van der Waals surface area contributed by atoms with Gasteiger partial charge in [-0.05, 0) is 20.3 Å². The molecule has 144 valence electrons. The predicted octanol–water partition coefficient (Wildman–Crippen LogP) is 1.50. The van der Waals surface area contributed by atoms with Crippen LogP contribution in [0.25, 0.3) is 0 Å². The molecule has 1 fully saturated rings. The van der Waals surface area contributed by atoms with E-state index in [9.17, 15) is 9.59 Å².